The van der Waals surface area contributed by atoms with E-state index in [1.54, 1.807) is 0 Å². The fourth-order valence-electron chi connectivity index (χ4n) is 9.78. The largest absolute Gasteiger partial charge is 0.472 e. The molecular formula is C85H138O16P2. The van der Waals surface area contributed by atoms with Crippen LogP contribution in [-0.2, 0) is 55.8 Å². The van der Waals surface area contributed by atoms with Crippen LogP contribution < -0.4 is 0 Å². The Morgan fingerprint density at radius 3 is 0.796 bits per heavy atom. The van der Waals surface area contributed by atoms with Crippen LogP contribution in [0.2, 0.25) is 0 Å². The van der Waals surface area contributed by atoms with Crippen molar-refractivity contribution in [3.05, 3.63) is 182 Å². The normalized spacial score (nSPS) is 15.0. The Morgan fingerprint density at radius 2 is 0.495 bits per heavy atom. The average molecular weight is 1480 g/mol. The van der Waals surface area contributed by atoms with Gasteiger partial charge in [0.1, 0.15) is 25.4 Å². The number of allylic oxidation sites excluding steroid dienone is 30. The number of aliphatic hydroxyl groups is 2. The molecule has 0 aromatic rings. The van der Waals surface area contributed by atoms with Crippen LogP contribution in [0.15, 0.2) is 182 Å². The van der Waals surface area contributed by atoms with Gasteiger partial charge >= 0.3 is 33.6 Å². The van der Waals surface area contributed by atoms with Gasteiger partial charge in [0.05, 0.1) is 26.4 Å². The number of phosphoric ester groups is 2. The van der Waals surface area contributed by atoms with E-state index in [4.69, 9.17) is 32.3 Å². The molecule has 16 nitrogen and oxygen atoms in total. The van der Waals surface area contributed by atoms with Gasteiger partial charge in [-0.1, -0.05) is 293 Å². The van der Waals surface area contributed by atoms with Gasteiger partial charge in [0.15, 0.2) is 6.10 Å². The molecule has 0 saturated heterocycles. The lowest BCUT2D eigenvalue weighted by Crippen LogP contribution is -2.30. The van der Waals surface area contributed by atoms with Crippen LogP contribution in [0.4, 0.5) is 0 Å². The summed E-state index contributed by atoms with van der Waals surface area (Å²) in [4.78, 5) is 58.6. The predicted octanol–water partition coefficient (Wildman–Crippen LogP) is 23.0. The first-order valence-electron chi connectivity index (χ1n) is 39.1. The zero-order valence-electron chi connectivity index (χ0n) is 63.7. The lowest BCUT2D eigenvalue weighted by atomic mass is 10.0. The van der Waals surface area contributed by atoms with Crippen molar-refractivity contribution in [2.75, 3.05) is 39.6 Å². The predicted molar refractivity (Wildman–Crippen MR) is 426 cm³/mol. The number of hydrogen-bond donors (Lipinski definition) is 4. The fourth-order valence-corrected chi connectivity index (χ4v) is 11.4. The van der Waals surface area contributed by atoms with Gasteiger partial charge in [-0.2, -0.15) is 0 Å². The van der Waals surface area contributed by atoms with Crippen LogP contribution in [0.1, 0.15) is 278 Å². The number of esters is 3. The maximum Gasteiger partial charge on any atom is 0.472 e. The molecule has 0 bridgehead atoms. The number of aliphatic hydroxyl groups excluding tert-OH is 2. The molecule has 0 rings (SSSR count). The molecule has 0 aliphatic carbocycles. The Morgan fingerprint density at radius 1 is 0.272 bits per heavy atom. The number of carbonyl (C=O) groups is 3. The van der Waals surface area contributed by atoms with E-state index in [0.717, 1.165) is 154 Å². The van der Waals surface area contributed by atoms with Gasteiger partial charge in [0.2, 0.25) is 0 Å². The molecule has 0 heterocycles. The minimum atomic E-state index is -4.96. The van der Waals surface area contributed by atoms with Crippen molar-refractivity contribution in [3.8, 4) is 0 Å². The van der Waals surface area contributed by atoms with Crippen LogP contribution in [0.25, 0.3) is 0 Å². The maximum absolute atomic E-state index is 12.9. The molecule has 0 amide bonds. The third-order valence-electron chi connectivity index (χ3n) is 15.6. The van der Waals surface area contributed by atoms with Crippen molar-refractivity contribution in [2.24, 2.45) is 0 Å². The molecule has 0 aromatic heterocycles. The van der Waals surface area contributed by atoms with E-state index in [-0.39, 0.29) is 19.3 Å². The number of rotatable bonds is 72. The summed E-state index contributed by atoms with van der Waals surface area (Å²) < 4.78 is 61.1. The summed E-state index contributed by atoms with van der Waals surface area (Å²) in [5.74, 6) is -1.68. The quantitative estimate of drug-likeness (QED) is 0.0146. The first-order chi connectivity index (χ1) is 50.2. The van der Waals surface area contributed by atoms with Gasteiger partial charge in [-0.15, -0.1) is 0 Å². The number of carbonyl (C=O) groups excluding carboxylic acids is 3. The topological polar surface area (TPSA) is 231 Å². The van der Waals surface area contributed by atoms with Crippen molar-refractivity contribution in [2.45, 2.75) is 296 Å². The monoisotopic (exact) mass is 1480 g/mol. The number of ether oxygens (including phenoxy) is 3. The van der Waals surface area contributed by atoms with Gasteiger partial charge in [-0.25, -0.2) is 9.13 Å². The Hall–Kier alpha value is -5.35. The second-order valence-electron chi connectivity index (χ2n) is 25.4. The molecule has 4 N–H and O–H groups in total. The van der Waals surface area contributed by atoms with E-state index in [1.807, 2.05) is 12.2 Å². The van der Waals surface area contributed by atoms with Gasteiger partial charge in [-0.05, 0) is 148 Å². The molecule has 0 spiro atoms. The molecule has 584 valence electrons. The Bertz CT molecular complexity index is 2600. The van der Waals surface area contributed by atoms with Crippen molar-refractivity contribution in [3.63, 3.8) is 0 Å². The van der Waals surface area contributed by atoms with E-state index in [1.165, 1.54) is 57.8 Å². The molecule has 0 aliphatic heterocycles. The van der Waals surface area contributed by atoms with Crippen LogP contribution >= 0.6 is 15.6 Å². The molecule has 18 heteroatoms. The molecule has 0 aromatic carbocycles. The standard InChI is InChI=1S/C85H138O16P2/c1-4-7-10-13-16-19-22-25-28-31-33-35-36-37-38-39-40-41-42-44-46-48-50-53-56-59-62-65-68-71-83(88)95-74-80(86)75-97-102(91,92)98-76-81(87)77-99-103(93,94)100-79-82(101-85(90)73-70-67-64-61-58-55-52-47-30-27-24-21-18-15-12-9-6-3)78-96-84(89)72-69-66-63-60-57-54-51-49-45-43-34-32-29-26-23-20-17-14-11-8-5-2/h7-12,16-21,25-30,33-35,37-38,43,49,51-52,55,61,64,80-82,86-87H,4-6,13-15,22-24,31-32,36,39-42,44-48,50,53-54,56-60,62-63,65-79H2,1-3H3,(H,91,92)(H,93,94)/b10-7-,11-8-,12-9-,19-16-,20-17-,21-18-,28-25-,29-26-,30-27-,35-33-,38-37-,43-34-,51-49-,55-52-,64-61-. The highest BCUT2D eigenvalue weighted by atomic mass is 31.2. The van der Waals surface area contributed by atoms with E-state index in [0.29, 0.717) is 25.7 Å². The number of unbranched alkanes of at least 4 members (excludes halogenated alkanes) is 19. The van der Waals surface area contributed by atoms with Gasteiger partial charge in [0.25, 0.3) is 0 Å². The molecule has 103 heavy (non-hydrogen) atoms. The summed E-state index contributed by atoms with van der Waals surface area (Å²) in [5.41, 5.74) is 0. The van der Waals surface area contributed by atoms with E-state index in [2.05, 4.69) is 191 Å². The van der Waals surface area contributed by atoms with Crippen molar-refractivity contribution < 1.29 is 75.8 Å². The third kappa shape index (κ3) is 77.6. The Labute approximate surface area is 624 Å². The summed E-state index contributed by atoms with van der Waals surface area (Å²) in [6.45, 7) is 2.23. The summed E-state index contributed by atoms with van der Waals surface area (Å²) >= 11 is 0. The molecule has 0 saturated carbocycles. The molecule has 0 radical (unpaired) electrons. The molecule has 5 unspecified atom stereocenters. The first kappa shape index (κ1) is 97.7. The van der Waals surface area contributed by atoms with E-state index in [9.17, 15) is 43.5 Å². The van der Waals surface area contributed by atoms with Gasteiger partial charge in [-0.3, -0.25) is 32.5 Å². The SMILES string of the molecule is CC/C=C\C/C=C\C/C=C\C/C=C\C/C=C\CCCCCCCCCCCCCCCC(=O)OCC(O)COP(=O)(O)OCC(O)COP(=O)(O)OCC(COC(=O)CCCCCCC/C=C\C/C=C\C/C=C\C/C=C\C/C=C\CC)OC(=O)CCC/C=C\C/C=C\C/C=C\C/C=C\C/C=C\CC. The van der Waals surface area contributed by atoms with Crippen LogP contribution in [0.3, 0.4) is 0 Å². The van der Waals surface area contributed by atoms with E-state index >= 15 is 0 Å². The fraction of sp³-hybridized carbons (Fsp3) is 0.612. The minimum Gasteiger partial charge on any atom is -0.463 e. The highest BCUT2D eigenvalue weighted by Gasteiger charge is 2.29. The van der Waals surface area contributed by atoms with E-state index < -0.39 is 91.5 Å². The first-order valence-corrected chi connectivity index (χ1v) is 42.1. The second kappa shape index (κ2) is 76.3. The highest BCUT2D eigenvalue weighted by molar-refractivity contribution is 7.47. The van der Waals surface area contributed by atoms with Crippen LogP contribution in [0, 0.1) is 0 Å². The molecular weight excluding hydrogens is 1340 g/mol. The summed E-state index contributed by atoms with van der Waals surface area (Å²) in [6.07, 6.45) is 98.1. The molecule has 0 fully saturated rings. The van der Waals surface area contributed by atoms with Crippen molar-refractivity contribution in [1.29, 1.82) is 0 Å². The average Bonchev–Trinajstić information content (AvgIpc) is 0.914. The molecule has 0 aliphatic rings. The Balaban J connectivity index is 4.63. The smallest absolute Gasteiger partial charge is 0.463 e. The highest BCUT2D eigenvalue weighted by Crippen LogP contribution is 2.45. The second-order valence-corrected chi connectivity index (χ2v) is 28.3. The minimum absolute atomic E-state index is 0.0148. The number of hydrogen-bond acceptors (Lipinski definition) is 14. The Kier molecular flexibility index (Phi) is 72.3. The number of phosphoric acid groups is 2. The van der Waals surface area contributed by atoms with Crippen LogP contribution in [-0.4, -0.2) is 95.9 Å². The lowest BCUT2D eigenvalue weighted by molar-refractivity contribution is -0.161. The maximum atomic E-state index is 12.9. The third-order valence-corrected chi connectivity index (χ3v) is 17.5. The van der Waals surface area contributed by atoms with Gasteiger partial charge in [0, 0.05) is 19.3 Å². The zero-order valence-corrected chi connectivity index (χ0v) is 65.5. The van der Waals surface area contributed by atoms with Crippen LogP contribution in [0.5, 0.6) is 0 Å². The summed E-state index contributed by atoms with van der Waals surface area (Å²) in [5, 5.41) is 20.6. The van der Waals surface area contributed by atoms with Crippen molar-refractivity contribution in [1.82, 2.24) is 0 Å². The summed E-state index contributed by atoms with van der Waals surface area (Å²) in [7, 11) is -9.83. The summed E-state index contributed by atoms with van der Waals surface area (Å²) in [6, 6.07) is 0. The molecule has 5 atom stereocenters. The van der Waals surface area contributed by atoms with Gasteiger partial charge < -0.3 is 34.2 Å². The lowest BCUT2D eigenvalue weighted by Gasteiger charge is -2.21. The van der Waals surface area contributed by atoms with Crippen molar-refractivity contribution >= 4 is 33.6 Å². The zero-order chi connectivity index (χ0) is 75.2.